The second kappa shape index (κ2) is 5.91. The number of hydrogen-bond donors (Lipinski definition) is 0. The lowest BCUT2D eigenvalue weighted by Crippen LogP contribution is -2.33. The minimum Gasteiger partial charge on any atom is -0.191 e. The van der Waals surface area contributed by atoms with Crippen LogP contribution >= 0.6 is 0 Å². The van der Waals surface area contributed by atoms with Crippen LogP contribution in [0.15, 0.2) is 54.6 Å². The fourth-order valence-electron chi connectivity index (χ4n) is 1.97. The van der Waals surface area contributed by atoms with Crippen molar-refractivity contribution < 1.29 is 22.0 Å². The quantitative estimate of drug-likeness (QED) is 0.621. The molecule has 0 aliphatic carbocycles. The van der Waals surface area contributed by atoms with Crippen molar-refractivity contribution in [1.82, 2.24) is 0 Å². The number of aryl methyl sites for hydroxylation is 1. The Morgan fingerprint density at radius 1 is 0.818 bits per heavy atom. The van der Waals surface area contributed by atoms with Crippen LogP contribution in [0.25, 0.3) is 17.2 Å². The maximum atomic E-state index is 12.8. The molecule has 0 amide bonds. The Hall–Kier alpha value is -2.17. The predicted octanol–water partition coefficient (Wildman–Crippen LogP) is 5.87. The van der Waals surface area contributed by atoms with Crippen LogP contribution in [0.2, 0.25) is 0 Å². The first-order valence-electron chi connectivity index (χ1n) is 6.50. The largest absolute Gasteiger partial charge is 0.457 e. The first kappa shape index (κ1) is 16.2. The zero-order valence-corrected chi connectivity index (χ0v) is 11.7. The zero-order valence-electron chi connectivity index (χ0n) is 11.7. The molecule has 2 aromatic carbocycles. The topological polar surface area (TPSA) is 0 Å². The van der Waals surface area contributed by atoms with Gasteiger partial charge in [0.15, 0.2) is 0 Å². The smallest absolute Gasteiger partial charge is 0.191 e. The summed E-state index contributed by atoms with van der Waals surface area (Å²) in [6.07, 6.45) is -4.94. The molecule has 0 spiro atoms. The molecule has 0 nitrogen and oxygen atoms in total. The molecule has 0 saturated heterocycles. The van der Waals surface area contributed by atoms with Crippen LogP contribution in [0, 0.1) is 6.92 Å². The average Bonchev–Trinajstić information content (AvgIpc) is 2.45. The van der Waals surface area contributed by atoms with Crippen LogP contribution in [-0.4, -0.2) is 12.1 Å². The average molecular weight is 312 g/mol. The van der Waals surface area contributed by atoms with Crippen LogP contribution < -0.4 is 0 Å². The Balaban J connectivity index is 2.22. The van der Waals surface area contributed by atoms with E-state index in [9.17, 15) is 22.0 Å². The molecule has 0 bridgehead atoms. The molecule has 2 aromatic rings. The Bertz CT molecular complexity index is 666. The Morgan fingerprint density at radius 3 is 1.95 bits per heavy atom. The van der Waals surface area contributed by atoms with E-state index in [-0.39, 0.29) is 11.6 Å². The van der Waals surface area contributed by atoms with Gasteiger partial charge >= 0.3 is 12.1 Å². The van der Waals surface area contributed by atoms with Gasteiger partial charge in [0.2, 0.25) is 0 Å². The van der Waals surface area contributed by atoms with Gasteiger partial charge in [-0.15, -0.1) is 0 Å². The van der Waals surface area contributed by atoms with Crippen molar-refractivity contribution >= 4 is 6.08 Å². The van der Waals surface area contributed by atoms with E-state index < -0.39 is 12.1 Å². The van der Waals surface area contributed by atoms with Crippen molar-refractivity contribution in [3.8, 4) is 11.1 Å². The molecule has 0 heterocycles. The van der Waals surface area contributed by atoms with Gasteiger partial charge in [-0.3, -0.25) is 0 Å². The zero-order chi connectivity index (χ0) is 16.4. The normalized spacial score (nSPS) is 12.8. The van der Waals surface area contributed by atoms with E-state index in [4.69, 9.17) is 0 Å². The minimum atomic E-state index is -5.58. The van der Waals surface area contributed by atoms with Gasteiger partial charge in [0, 0.05) is 0 Å². The van der Waals surface area contributed by atoms with Crippen LogP contribution in [0.5, 0.6) is 0 Å². The summed E-state index contributed by atoms with van der Waals surface area (Å²) < 4.78 is 61.8. The third kappa shape index (κ3) is 3.53. The summed E-state index contributed by atoms with van der Waals surface area (Å²) in [6.45, 7) is 1.94. The maximum Gasteiger partial charge on any atom is 0.457 e. The van der Waals surface area contributed by atoms with E-state index in [0.29, 0.717) is 0 Å². The second-order valence-corrected chi connectivity index (χ2v) is 4.89. The van der Waals surface area contributed by atoms with Gasteiger partial charge in [0.25, 0.3) is 0 Å². The fourth-order valence-corrected chi connectivity index (χ4v) is 1.97. The SMILES string of the molecule is Cc1ccccc1-c1ccc(/C=C/C(F)(F)C(F)(F)F)cc1. The summed E-state index contributed by atoms with van der Waals surface area (Å²) in [6, 6.07) is 14.0. The van der Waals surface area contributed by atoms with Crippen molar-refractivity contribution in [3.63, 3.8) is 0 Å². The molecule has 0 fully saturated rings. The second-order valence-electron chi connectivity index (χ2n) is 4.89. The number of rotatable bonds is 3. The Labute approximate surface area is 124 Å². The molecule has 0 atom stereocenters. The summed E-state index contributed by atoms with van der Waals surface area (Å²) in [4.78, 5) is 0. The van der Waals surface area contributed by atoms with Gasteiger partial charge < -0.3 is 0 Å². The molecular weight excluding hydrogens is 299 g/mol. The van der Waals surface area contributed by atoms with E-state index in [1.807, 2.05) is 31.2 Å². The van der Waals surface area contributed by atoms with Crippen molar-refractivity contribution in [2.45, 2.75) is 19.0 Å². The van der Waals surface area contributed by atoms with Crippen molar-refractivity contribution in [2.75, 3.05) is 0 Å². The molecule has 2 rings (SSSR count). The third-order valence-corrected chi connectivity index (χ3v) is 3.23. The standard InChI is InChI=1S/C17H13F5/c1-12-4-2-3-5-15(12)14-8-6-13(7-9-14)10-11-16(18,19)17(20,21)22/h2-11H,1H3/b11-10+. The van der Waals surface area contributed by atoms with Crippen molar-refractivity contribution in [2.24, 2.45) is 0 Å². The molecule has 22 heavy (non-hydrogen) atoms. The molecule has 0 unspecified atom stereocenters. The van der Waals surface area contributed by atoms with Crippen LogP contribution in [-0.2, 0) is 0 Å². The first-order valence-corrected chi connectivity index (χ1v) is 6.50. The lowest BCUT2D eigenvalue weighted by molar-refractivity contribution is -0.258. The number of halogens is 5. The molecule has 0 aliphatic heterocycles. The lowest BCUT2D eigenvalue weighted by atomic mass is 9.99. The monoisotopic (exact) mass is 312 g/mol. The summed E-state index contributed by atoms with van der Waals surface area (Å²) in [5.41, 5.74) is 3.19. The predicted molar refractivity (Wildman–Crippen MR) is 76.7 cm³/mol. The van der Waals surface area contributed by atoms with Gasteiger partial charge in [-0.25, -0.2) is 0 Å². The van der Waals surface area contributed by atoms with Crippen molar-refractivity contribution in [3.05, 3.63) is 65.7 Å². The summed E-state index contributed by atoms with van der Waals surface area (Å²) in [5.74, 6) is -4.83. The minimum absolute atomic E-state index is 0.129. The van der Waals surface area contributed by atoms with Crippen LogP contribution in [0.3, 0.4) is 0 Å². The molecule has 116 valence electrons. The van der Waals surface area contributed by atoms with E-state index in [0.717, 1.165) is 22.8 Å². The summed E-state index contributed by atoms with van der Waals surface area (Å²) in [7, 11) is 0. The molecule has 0 saturated carbocycles. The molecule has 0 aliphatic rings. The maximum absolute atomic E-state index is 12.8. The van der Waals surface area contributed by atoms with Crippen molar-refractivity contribution in [1.29, 1.82) is 0 Å². The van der Waals surface area contributed by atoms with E-state index >= 15 is 0 Å². The molecule has 0 N–H and O–H groups in total. The van der Waals surface area contributed by atoms with Crippen LogP contribution in [0.1, 0.15) is 11.1 Å². The highest BCUT2D eigenvalue weighted by Crippen LogP contribution is 2.37. The van der Waals surface area contributed by atoms with Gasteiger partial charge in [-0.05, 0) is 35.3 Å². The Kier molecular flexibility index (Phi) is 4.35. The summed E-state index contributed by atoms with van der Waals surface area (Å²) in [5, 5.41) is 0. The van der Waals surface area contributed by atoms with E-state index in [1.54, 1.807) is 12.1 Å². The highest BCUT2D eigenvalue weighted by molar-refractivity contribution is 5.68. The molecular formula is C17H13F5. The van der Waals surface area contributed by atoms with E-state index in [1.165, 1.54) is 12.1 Å². The van der Waals surface area contributed by atoms with Crippen LogP contribution in [0.4, 0.5) is 22.0 Å². The highest BCUT2D eigenvalue weighted by atomic mass is 19.4. The lowest BCUT2D eigenvalue weighted by Gasteiger charge is -2.15. The Morgan fingerprint density at radius 2 is 1.41 bits per heavy atom. The molecule has 0 aromatic heterocycles. The third-order valence-electron chi connectivity index (χ3n) is 3.23. The van der Waals surface area contributed by atoms with Gasteiger partial charge in [-0.1, -0.05) is 54.6 Å². The van der Waals surface area contributed by atoms with Gasteiger partial charge in [0.05, 0.1) is 0 Å². The number of allylic oxidation sites excluding steroid dienone is 1. The fraction of sp³-hybridized carbons (Fsp3) is 0.176. The highest BCUT2D eigenvalue weighted by Gasteiger charge is 2.55. The summed E-state index contributed by atoms with van der Waals surface area (Å²) >= 11 is 0. The molecule has 5 heteroatoms. The van der Waals surface area contributed by atoms with E-state index in [2.05, 4.69) is 0 Å². The first-order chi connectivity index (χ1) is 10.2. The number of benzene rings is 2. The molecule has 0 radical (unpaired) electrons. The number of hydrogen-bond acceptors (Lipinski definition) is 0. The number of alkyl halides is 5. The van der Waals surface area contributed by atoms with Gasteiger partial charge in [0.1, 0.15) is 0 Å². The van der Waals surface area contributed by atoms with Gasteiger partial charge in [-0.2, -0.15) is 22.0 Å².